The predicted molar refractivity (Wildman–Crippen MR) is 59.5 cm³/mol. The fourth-order valence-corrected chi connectivity index (χ4v) is 1.37. The van der Waals surface area contributed by atoms with Crippen molar-refractivity contribution in [3.63, 3.8) is 0 Å². The number of nitrogens with two attached hydrogens (primary N) is 1. The third-order valence-electron chi connectivity index (χ3n) is 1.32. The molecule has 0 aromatic heterocycles. The van der Waals surface area contributed by atoms with Crippen molar-refractivity contribution in [2.24, 2.45) is 15.7 Å². The summed E-state index contributed by atoms with van der Waals surface area (Å²) in [5.74, 6) is 0.142. The third kappa shape index (κ3) is 3.08. The van der Waals surface area contributed by atoms with Crippen LogP contribution in [-0.4, -0.2) is 36.4 Å². The highest BCUT2D eigenvalue weighted by atomic mass is 35.5. The van der Waals surface area contributed by atoms with Gasteiger partial charge in [0.05, 0.1) is 6.34 Å². The molecule has 7 heteroatoms. The van der Waals surface area contributed by atoms with Gasteiger partial charge < -0.3 is 16.0 Å². The molecule has 0 fully saturated rings. The molecule has 1 unspecified atom stereocenters. The first-order chi connectivity index (χ1) is 6.41. The van der Waals surface area contributed by atoms with E-state index in [1.54, 1.807) is 11.2 Å². The zero-order valence-electron chi connectivity index (χ0n) is 7.83. The Kier molecular flexibility index (Phi) is 3.23. The molecule has 1 atom stereocenters. The number of nitrogens with zero attached hydrogens (tertiary/aromatic N) is 3. The van der Waals surface area contributed by atoms with Gasteiger partial charge in [-0.05, 0) is 0 Å². The van der Waals surface area contributed by atoms with E-state index in [4.69, 9.17) is 28.9 Å². The number of nitrogens with one attached hydrogen (secondary N) is 1. The lowest BCUT2D eigenvalue weighted by molar-refractivity contribution is 0.610. The van der Waals surface area contributed by atoms with Crippen LogP contribution in [0.3, 0.4) is 0 Å². The van der Waals surface area contributed by atoms with Gasteiger partial charge in [0.15, 0.2) is 5.96 Å². The minimum absolute atomic E-state index is 0.142. The summed E-state index contributed by atoms with van der Waals surface area (Å²) < 4.78 is 0. The van der Waals surface area contributed by atoms with Crippen LogP contribution < -0.4 is 11.1 Å². The molecule has 1 aliphatic rings. The van der Waals surface area contributed by atoms with E-state index >= 15 is 0 Å². The van der Waals surface area contributed by atoms with Crippen molar-refractivity contribution in [2.75, 3.05) is 14.1 Å². The van der Waals surface area contributed by atoms with Gasteiger partial charge >= 0.3 is 0 Å². The third-order valence-corrected chi connectivity index (χ3v) is 1.81. The second-order valence-corrected chi connectivity index (χ2v) is 3.93. The van der Waals surface area contributed by atoms with Crippen LogP contribution in [0.4, 0.5) is 0 Å². The maximum absolute atomic E-state index is 6.05. The summed E-state index contributed by atoms with van der Waals surface area (Å²) in [6, 6.07) is 0. The Hall–Kier alpha value is -0.940. The number of hydrogen-bond acceptors (Lipinski definition) is 4. The van der Waals surface area contributed by atoms with E-state index in [1.807, 2.05) is 14.1 Å². The highest BCUT2D eigenvalue weighted by Gasteiger charge is 2.27. The molecule has 3 N–H and O–H groups in total. The smallest absolute Gasteiger partial charge is 0.232 e. The summed E-state index contributed by atoms with van der Waals surface area (Å²) in [5, 5.41) is 1.76. The molecule has 0 aromatic rings. The molecule has 0 aromatic carbocycles. The van der Waals surface area contributed by atoms with Gasteiger partial charge in [-0.15, -0.1) is 0 Å². The quantitative estimate of drug-likeness (QED) is 0.317. The van der Waals surface area contributed by atoms with E-state index in [9.17, 15) is 0 Å². The molecule has 0 radical (unpaired) electrons. The van der Waals surface area contributed by atoms with Crippen LogP contribution >= 0.6 is 23.2 Å². The number of aliphatic imine (C=N–C) groups is 2. The van der Waals surface area contributed by atoms with Crippen LogP contribution in [-0.2, 0) is 0 Å². The average molecular weight is 236 g/mol. The van der Waals surface area contributed by atoms with Crippen LogP contribution in [0.25, 0.3) is 0 Å². The molecule has 1 rings (SSSR count). The monoisotopic (exact) mass is 235 g/mol. The highest BCUT2D eigenvalue weighted by molar-refractivity contribution is 6.33. The Labute approximate surface area is 92.3 Å². The first-order valence-electron chi connectivity index (χ1n) is 3.83. The molecule has 0 saturated carbocycles. The molecular formula is C7H11Cl2N5. The van der Waals surface area contributed by atoms with Gasteiger partial charge in [0, 0.05) is 20.2 Å². The minimum atomic E-state index is -1.15. The first-order valence-corrected chi connectivity index (χ1v) is 4.58. The van der Waals surface area contributed by atoms with Crippen LogP contribution in [0.1, 0.15) is 0 Å². The highest BCUT2D eigenvalue weighted by Crippen LogP contribution is 2.22. The summed E-state index contributed by atoms with van der Waals surface area (Å²) in [5.41, 5.74) is 5.45. The van der Waals surface area contributed by atoms with Crippen molar-refractivity contribution in [1.82, 2.24) is 10.2 Å². The summed E-state index contributed by atoms with van der Waals surface area (Å²) in [7, 11) is 3.66. The van der Waals surface area contributed by atoms with E-state index < -0.39 is 5.12 Å². The molecule has 0 aliphatic carbocycles. The van der Waals surface area contributed by atoms with Gasteiger partial charge in [0.1, 0.15) is 5.16 Å². The van der Waals surface area contributed by atoms with E-state index in [0.717, 1.165) is 0 Å². The zero-order chi connectivity index (χ0) is 10.8. The van der Waals surface area contributed by atoms with Crippen LogP contribution in [0, 0.1) is 0 Å². The summed E-state index contributed by atoms with van der Waals surface area (Å²) in [6.45, 7) is 0. The lowest BCUT2D eigenvalue weighted by Gasteiger charge is -2.24. The van der Waals surface area contributed by atoms with Gasteiger partial charge in [0.25, 0.3) is 0 Å². The first kappa shape index (κ1) is 11.1. The molecule has 0 bridgehead atoms. The second kappa shape index (κ2) is 4.06. The summed E-state index contributed by atoms with van der Waals surface area (Å²) >= 11 is 11.7. The van der Waals surface area contributed by atoms with Gasteiger partial charge in [-0.3, -0.25) is 0 Å². The molecule has 0 spiro atoms. The number of guanidine groups is 1. The van der Waals surface area contributed by atoms with E-state index in [-0.39, 0.29) is 11.1 Å². The number of halogens is 2. The average Bonchev–Trinajstić information content (AvgIpc) is 1.98. The Morgan fingerprint density at radius 2 is 2.36 bits per heavy atom. The molecular weight excluding hydrogens is 225 g/mol. The lowest BCUT2D eigenvalue weighted by atomic mass is 10.4. The van der Waals surface area contributed by atoms with E-state index in [0.29, 0.717) is 0 Å². The number of rotatable bonds is 2. The van der Waals surface area contributed by atoms with Crippen molar-refractivity contribution in [3.8, 4) is 0 Å². The Morgan fingerprint density at radius 3 is 2.86 bits per heavy atom. The van der Waals surface area contributed by atoms with Crippen LogP contribution in [0.5, 0.6) is 0 Å². The van der Waals surface area contributed by atoms with Gasteiger partial charge in [-0.2, -0.15) is 0 Å². The standard InChI is InChI=1S/C7H11Cl2N5/c1-14(2)4-11-7(9)3-5(8)12-6(10)13-7/h3-4H,1-2H3,(H3,10,12,13)/b11-4+. The van der Waals surface area contributed by atoms with Gasteiger partial charge in [-0.1, -0.05) is 23.2 Å². The fourth-order valence-electron chi connectivity index (χ4n) is 0.818. The predicted octanol–water partition coefficient (Wildman–Crippen LogP) is 0.467. The molecule has 1 heterocycles. The SMILES string of the molecule is CN(C)/C=N/C1(Cl)C=C(Cl)N=C(N)N1. The van der Waals surface area contributed by atoms with Crippen molar-refractivity contribution < 1.29 is 0 Å². The zero-order valence-corrected chi connectivity index (χ0v) is 9.34. The van der Waals surface area contributed by atoms with Crippen LogP contribution in [0.2, 0.25) is 0 Å². The molecule has 14 heavy (non-hydrogen) atoms. The lowest BCUT2D eigenvalue weighted by Crippen LogP contribution is -2.47. The van der Waals surface area contributed by atoms with Gasteiger partial charge in [-0.25, -0.2) is 9.98 Å². The van der Waals surface area contributed by atoms with Crippen molar-refractivity contribution in [3.05, 3.63) is 11.2 Å². The van der Waals surface area contributed by atoms with Crippen molar-refractivity contribution in [2.45, 2.75) is 5.12 Å². The molecule has 78 valence electrons. The Balaban J connectivity index is 2.82. The number of alkyl halides is 1. The van der Waals surface area contributed by atoms with E-state index in [1.165, 1.54) is 6.08 Å². The maximum atomic E-state index is 6.05. The Morgan fingerprint density at radius 1 is 1.71 bits per heavy atom. The van der Waals surface area contributed by atoms with E-state index in [2.05, 4.69) is 15.3 Å². The molecule has 0 amide bonds. The molecule has 0 saturated heterocycles. The maximum Gasteiger partial charge on any atom is 0.232 e. The number of hydrogen-bond donors (Lipinski definition) is 2. The molecule has 5 nitrogen and oxygen atoms in total. The normalized spacial score (nSPS) is 26.9. The topological polar surface area (TPSA) is 66.0 Å². The van der Waals surface area contributed by atoms with Crippen molar-refractivity contribution in [1.29, 1.82) is 0 Å². The summed E-state index contributed by atoms with van der Waals surface area (Å²) in [6.07, 6.45) is 3.02. The minimum Gasteiger partial charge on any atom is -0.370 e. The Bertz CT molecular complexity index is 309. The molecule has 1 aliphatic heterocycles. The fraction of sp³-hybridized carbons (Fsp3) is 0.429. The van der Waals surface area contributed by atoms with Gasteiger partial charge in [0.2, 0.25) is 5.12 Å². The largest absolute Gasteiger partial charge is 0.370 e. The van der Waals surface area contributed by atoms with Crippen molar-refractivity contribution >= 4 is 35.5 Å². The summed E-state index contributed by atoms with van der Waals surface area (Å²) in [4.78, 5) is 9.54. The van der Waals surface area contributed by atoms with Crippen LogP contribution in [0.15, 0.2) is 21.2 Å². The second-order valence-electron chi connectivity index (χ2n) is 2.97.